The van der Waals surface area contributed by atoms with Gasteiger partial charge in [-0.3, -0.25) is 9.59 Å². The Labute approximate surface area is 141 Å². The largest absolute Gasteiger partial charge is 0.507 e. The van der Waals surface area contributed by atoms with Gasteiger partial charge in [0.25, 0.3) is 11.7 Å². The van der Waals surface area contributed by atoms with Crippen molar-refractivity contribution in [3.05, 3.63) is 57.5 Å². The number of aliphatic hydroxyl groups excluding tert-OH is 1. The highest BCUT2D eigenvalue weighted by Gasteiger charge is 2.44. The zero-order valence-electron chi connectivity index (χ0n) is 12.9. The predicted molar refractivity (Wildman–Crippen MR) is 87.3 cm³/mol. The van der Waals surface area contributed by atoms with Crippen LogP contribution in [0.2, 0.25) is 0 Å². The molecule has 2 aromatic rings. The smallest absolute Gasteiger partial charge is 0.295 e. The molecule has 1 unspecified atom stereocenters. The molecule has 2 heterocycles. The molecule has 1 aromatic heterocycles. The van der Waals surface area contributed by atoms with Crippen LogP contribution in [0.3, 0.4) is 0 Å². The van der Waals surface area contributed by atoms with E-state index in [2.05, 4.69) is 0 Å². The van der Waals surface area contributed by atoms with Crippen LogP contribution in [0, 0.1) is 5.82 Å². The van der Waals surface area contributed by atoms with Gasteiger partial charge < -0.3 is 14.7 Å². The van der Waals surface area contributed by atoms with Gasteiger partial charge in [-0.2, -0.15) is 0 Å². The van der Waals surface area contributed by atoms with Gasteiger partial charge in [0.15, 0.2) is 11.6 Å². The lowest BCUT2D eigenvalue weighted by Crippen LogP contribution is -2.24. The Bertz CT molecular complexity index is 844. The summed E-state index contributed by atoms with van der Waals surface area (Å²) in [7, 11) is 2.83. The average molecular weight is 347 g/mol. The van der Waals surface area contributed by atoms with Crippen LogP contribution >= 0.6 is 11.3 Å². The number of rotatable bonds is 3. The van der Waals surface area contributed by atoms with Crippen LogP contribution in [-0.2, 0) is 9.59 Å². The van der Waals surface area contributed by atoms with Crippen LogP contribution in [0.1, 0.15) is 16.5 Å². The third-order valence-corrected chi connectivity index (χ3v) is 4.84. The molecule has 1 N–H and O–H groups in total. The molecule has 0 radical (unpaired) electrons. The number of amides is 1. The van der Waals surface area contributed by atoms with Gasteiger partial charge in [-0.1, -0.05) is 6.07 Å². The fourth-order valence-electron chi connectivity index (χ4n) is 2.70. The second-order valence-electron chi connectivity index (χ2n) is 5.27. The van der Waals surface area contributed by atoms with E-state index in [1.165, 1.54) is 42.5 Å². The van der Waals surface area contributed by atoms with Crippen molar-refractivity contribution in [1.82, 2.24) is 4.90 Å². The van der Waals surface area contributed by atoms with Crippen molar-refractivity contribution in [1.29, 1.82) is 0 Å². The molecule has 0 spiro atoms. The van der Waals surface area contributed by atoms with Crippen LogP contribution in [0.25, 0.3) is 5.76 Å². The zero-order chi connectivity index (χ0) is 17.4. The number of hydrogen-bond donors (Lipinski definition) is 1. The van der Waals surface area contributed by atoms with E-state index >= 15 is 0 Å². The summed E-state index contributed by atoms with van der Waals surface area (Å²) in [6.45, 7) is 0. The van der Waals surface area contributed by atoms with Crippen LogP contribution in [0.15, 0.2) is 41.3 Å². The maximum atomic E-state index is 13.9. The van der Waals surface area contributed by atoms with Crippen molar-refractivity contribution in [2.45, 2.75) is 6.04 Å². The highest BCUT2D eigenvalue weighted by atomic mass is 32.1. The van der Waals surface area contributed by atoms with E-state index in [1.54, 1.807) is 12.1 Å². The molecule has 1 amide bonds. The van der Waals surface area contributed by atoms with E-state index in [4.69, 9.17) is 4.74 Å². The summed E-state index contributed by atoms with van der Waals surface area (Å²) < 4.78 is 18.7. The number of carbonyl (C=O) groups excluding carboxylic acids is 2. The van der Waals surface area contributed by atoms with E-state index < -0.39 is 29.3 Å². The fourth-order valence-corrected chi connectivity index (χ4v) is 3.57. The van der Waals surface area contributed by atoms with Gasteiger partial charge in [0.2, 0.25) is 0 Å². The Kier molecular flexibility index (Phi) is 4.11. The van der Waals surface area contributed by atoms with Crippen LogP contribution in [0.4, 0.5) is 4.39 Å². The van der Waals surface area contributed by atoms with Gasteiger partial charge >= 0.3 is 0 Å². The number of nitrogens with zero attached hydrogens (tertiary/aromatic N) is 1. The first-order valence-corrected chi connectivity index (χ1v) is 7.95. The predicted octanol–water partition coefficient (Wildman–Crippen LogP) is 2.95. The molecule has 1 aromatic carbocycles. The van der Waals surface area contributed by atoms with Crippen molar-refractivity contribution >= 4 is 28.8 Å². The highest BCUT2D eigenvalue weighted by molar-refractivity contribution is 7.10. The second kappa shape index (κ2) is 6.09. The summed E-state index contributed by atoms with van der Waals surface area (Å²) in [6, 6.07) is 6.75. The van der Waals surface area contributed by atoms with Crippen molar-refractivity contribution < 1.29 is 23.8 Å². The number of benzene rings is 1. The number of aliphatic hydroxyl groups is 1. The van der Waals surface area contributed by atoms with E-state index in [-0.39, 0.29) is 16.9 Å². The Morgan fingerprint density at radius 2 is 2.08 bits per heavy atom. The number of thiophene rings is 1. The molecule has 0 aliphatic carbocycles. The van der Waals surface area contributed by atoms with Gasteiger partial charge in [-0.15, -0.1) is 11.3 Å². The topological polar surface area (TPSA) is 66.8 Å². The number of hydrogen-bond acceptors (Lipinski definition) is 5. The summed E-state index contributed by atoms with van der Waals surface area (Å²) in [5.74, 6) is -2.54. The molecule has 3 rings (SSSR count). The molecule has 1 aliphatic rings. The van der Waals surface area contributed by atoms with Crippen LogP contribution in [-0.4, -0.2) is 35.9 Å². The number of ketones is 1. The number of ether oxygens (including phenoxy) is 1. The number of methoxy groups -OCH3 is 1. The van der Waals surface area contributed by atoms with Gasteiger partial charge in [0.05, 0.1) is 18.7 Å². The molecule has 24 heavy (non-hydrogen) atoms. The molecule has 0 saturated carbocycles. The number of carbonyl (C=O) groups is 2. The standard InChI is InChI=1S/C17H14FNO4S/c1-19-14(12-4-3-7-24-12)13(16(21)17(19)22)15(20)9-5-6-11(23-2)10(18)8-9/h3-8,14,20H,1-2H3/b15-13+. The number of likely N-dealkylation sites (N-methyl/N-ethyl adjacent to an activating group) is 1. The first-order valence-electron chi connectivity index (χ1n) is 7.07. The monoisotopic (exact) mass is 347 g/mol. The normalized spacial score (nSPS) is 19.8. The fraction of sp³-hybridized carbons (Fsp3) is 0.176. The molecule has 1 fully saturated rings. The molecule has 0 bridgehead atoms. The zero-order valence-corrected chi connectivity index (χ0v) is 13.8. The van der Waals surface area contributed by atoms with Crippen LogP contribution in [0.5, 0.6) is 5.75 Å². The van der Waals surface area contributed by atoms with Gasteiger partial charge in [0, 0.05) is 17.5 Å². The van der Waals surface area contributed by atoms with Gasteiger partial charge in [-0.25, -0.2) is 4.39 Å². The molecular formula is C17H14FNO4S. The van der Waals surface area contributed by atoms with Crippen molar-refractivity contribution in [2.24, 2.45) is 0 Å². The summed E-state index contributed by atoms with van der Waals surface area (Å²) in [5, 5.41) is 12.4. The minimum atomic E-state index is -0.787. The maximum absolute atomic E-state index is 13.9. The molecule has 5 nitrogen and oxygen atoms in total. The minimum Gasteiger partial charge on any atom is -0.507 e. The molecule has 1 saturated heterocycles. The third-order valence-electron chi connectivity index (χ3n) is 3.91. The molecule has 1 aliphatic heterocycles. The Morgan fingerprint density at radius 3 is 2.67 bits per heavy atom. The first kappa shape index (κ1) is 16.2. The minimum absolute atomic E-state index is 0.0253. The summed E-state index contributed by atoms with van der Waals surface area (Å²) in [4.78, 5) is 26.4. The third kappa shape index (κ3) is 2.46. The van der Waals surface area contributed by atoms with E-state index in [0.717, 1.165) is 10.9 Å². The van der Waals surface area contributed by atoms with Gasteiger partial charge in [0.1, 0.15) is 5.76 Å². The number of likely N-dealkylation sites (tertiary alicyclic amines) is 1. The highest BCUT2D eigenvalue weighted by Crippen LogP contribution is 2.40. The molecule has 1 atom stereocenters. The lowest BCUT2D eigenvalue weighted by molar-refractivity contribution is -0.139. The SMILES string of the molecule is COc1ccc(/C(O)=C2\C(=O)C(=O)N(C)C2c2cccs2)cc1F. The molecular weight excluding hydrogens is 333 g/mol. The van der Waals surface area contributed by atoms with E-state index in [0.29, 0.717) is 0 Å². The quantitative estimate of drug-likeness (QED) is 0.527. The Hall–Kier alpha value is -2.67. The number of halogens is 1. The van der Waals surface area contributed by atoms with E-state index in [1.807, 2.05) is 5.38 Å². The summed E-state index contributed by atoms with van der Waals surface area (Å²) >= 11 is 1.37. The van der Waals surface area contributed by atoms with Crippen molar-refractivity contribution in [3.8, 4) is 5.75 Å². The summed E-state index contributed by atoms with van der Waals surface area (Å²) in [5.41, 5.74) is 0.0656. The van der Waals surface area contributed by atoms with Crippen molar-refractivity contribution in [2.75, 3.05) is 14.2 Å². The maximum Gasteiger partial charge on any atom is 0.295 e. The molecule has 7 heteroatoms. The van der Waals surface area contributed by atoms with Crippen LogP contribution < -0.4 is 4.74 Å². The lowest BCUT2D eigenvalue weighted by atomic mass is 10.00. The summed E-state index contributed by atoms with van der Waals surface area (Å²) in [6.07, 6.45) is 0. The van der Waals surface area contributed by atoms with Crippen molar-refractivity contribution in [3.63, 3.8) is 0 Å². The van der Waals surface area contributed by atoms with E-state index in [9.17, 15) is 19.1 Å². The lowest BCUT2D eigenvalue weighted by Gasteiger charge is -2.19. The Balaban J connectivity index is 2.15. The number of Topliss-reactive ketones (excluding diaryl/α,β-unsaturated/α-hetero) is 1. The Morgan fingerprint density at radius 1 is 1.33 bits per heavy atom. The average Bonchev–Trinajstić information content (AvgIpc) is 3.17. The first-order chi connectivity index (χ1) is 11.5. The second-order valence-corrected chi connectivity index (χ2v) is 6.25. The molecule has 124 valence electrons. The van der Waals surface area contributed by atoms with Gasteiger partial charge in [-0.05, 0) is 29.6 Å².